The maximum Gasteiger partial charge on any atom is 0.248 e. The smallest absolute Gasteiger partial charge is 0.248 e. The predicted molar refractivity (Wildman–Crippen MR) is 131 cm³/mol. The lowest BCUT2D eigenvalue weighted by Crippen LogP contribution is -2.48. The van der Waals surface area contributed by atoms with E-state index in [0.29, 0.717) is 36.0 Å². The molecule has 1 aliphatic carbocycles. The van der Waals surface area contributed by atoms with Gasteiger partial charge in [-0.25, -0.2) is 0 Å². The zero-order valence-corrected chi connectivity index (χ0v) is 20.3. The molecule has 1 aromatic rings. The molecule has 34 heavy (non-hydrogen) atoms. The average molecular weight is 472 g/mol. The molecule has 2 unspecified atom stereocenters. The topological polar surface area (TPSA) is 107 Å². The van der Waals surface area contributed by atoms with Gasteiger partial charge in [-0.3, -0.25) is 14.5 Å². The summed E-state index contributed by atoms with van der Waals surface area (Å²) in [5.74, 6) is 0.561. The molecule has 0 spiro atoms. The molecule has 7 nitrogen and oxygen atoms in total. The van der Waals surface area contributed by atoms with E-state index in [1.54, 1.807) is 6.07 Å². The molecule has 3 fully saturated rings. The number of rotatable bonds is 10. The van der Waals surface area contributed by atoms with Crippen LogP contribution in [0.15, 0.2) is 24.3 Å². The summed E-state index contributed by atoms with van der Waals surface area (Å²) in [5, 5.41) is 19.1. The minimum Gasteiger partial charge on any atom is -0.394 e. The molecular formula is C27H41N3O4. The number of hydrogen-bond donors (Lipinski definition) is 3. The van der Waals surface area contributed by atoms with E-state index in [4.69, 9.17) is 5.73 Å². The van der Waals surface area contributed by atoms with Gasteiger partial charge in [0, 0.05) is 37.3 Å². The van der Waals surface area contributed by atoms with Crippen molar-refractivity contribution in [3.05, 3.63) is 35.4 Å². The fourth-order valence-corrected chi connectivity index (χ4v) is 6.49. The SMILES string of the molecule is NC(=O)c1cccc(C2CC3CCC(C2)N3CCN(CC2CCCCC2)C(=O)C[C@H](O)CO)c1. The summed E-state index contributed by atoms with van der Waals surface area (Å²) in [7, 11) is 0. The highest BCUT2D eigenvalue weighted by atomic mass is 16.3. The van der Waals surface area contributed by atoms with E-state index in [1.807, 2.05) is 17.0 Å². The lowest BCUT2D eigenvalue weighted by atomic mass is 9.84. The summed E-state index contributed by atoms with van der Waals surface area (Å²) in [4.78, 5) is 29.1. The van der Waals surface area contributed by atoms with Crippen molar-refractivity contribution in [2.45, 2.75) is 88.3 Å². The zero-order chi connectivity index (χ0) is 24.1. The van der Waals surface area contributed by atoms with Crippen molar-refractivity contribution >= 4 is 11.8 Å². The molecule has 2 heterocycles. The highest BCUT2D eigenvalue weighted by Crippen LogP contribution is 2.43. The predicted octanol–water partition coefficient (Wildman–Crippen LogP) is 2.65. The molecule has 188 valence electrons. The van der Waals surface area contributed by atoms with E-state index >= 15 is 0 Å². The van der Waals surface area contributed by atoms with Crippen LogP contribution in [0.2, 0.25) is 0 Å². The van der Waals surface area contributed by atoms with Crippen molar-refractivity contribution in [1.82, 2.24) is 9.80 Å². The Morgan fingerprint density at radius 2 is 1.79 bits per heavy atom. The average Bonchev–Trinajstić information content (AvgIpc) is 3.08. The standard InChI is InChI=1S/C27H41N3O4/c28-27(34)21-8-4-7-20(13-21)22-14-23-9-10-24(15-22)30(23)12-11-29(26(33)16-25(32)18-31)17-19-5-2-1-3-6-19/h4,7-8,13,19,22-25,31-32H,1-3,5-6,9-12,14-18H2,(H2,28,34)/t22?,23?,24?,25-/m0/s1. The fraction of sp³-hybridized carbons (Fsp3) is 0.704. The van der Waals surface area contributed by atoms with Gasteiger partial charge in [-0.05, 0) is 68.1 Å². The van der Waals surface area contributed by atoms with Crippen LogP contribution in [0.25, 0.3) is 0 Å². The summed E-state index contributed by atoms with van der Waals surface area (Å²) in [6.07, 6.45) is 9.61. The molecule has 3 aliphatic rings. The fourth-order valence-electron chi connectivity index (χ4n) is 6.49. The van der Waals surface area contributed by atoms with Gasteiger partial charge in [0.2, 0.25) is 11.8 Å². The van der Waals surface area contributed by atoms with Crippen LogP contribution in [0, 0.1) is 5.92 Å². The molecule has 1 saturated carbocycles. The number of piperidine rings is 1. The number of aliphatic hydroxyl groups excluding tert-OH is 2. The molecular weight excluding hydrogens is 430 g/mol. The van der Waals surface area contributed by atoms with Crippen molar-refractivity contribution in [2.24, 2.45) is 11.7 Å². The molecule has 1 aromatic carbocycles. The van der Waals surface area contributed by atoms with Crippen LogP contribution in [0.4, 0.5) is 0 Å². The zero-order valence-electron chi connectivity index (χ0n) is 20.3. The molecule has 7 heteroatoms. The number of primary amides is 1. The lowest BCUT2D eigenvalue weighted by Gasteiger charge is -2.40. The first kappa shape index (κ1) is 25.1. The Labute approximate surface area is 203 Å². The molecule has 4 rings (SSSR count). The Kier molecular flexibility index (Phi) is 8.61. The van der Waals surface area contributed by atoms with Crippen LogP contribution in [-0.4, -0.2) is 76.3 Å². The number of aliphatic hydroxyl groups is 2. The second kappa shape index (κ2) is 11.6. The maximum atomic E-state index is 13.0. The number of nitrogens with zero attached hydrogens (tertiary/aromatic N) is 2. The van der Waals surface area contributed by atoms with Gasteiger partial charge in [0.15, 0.2) is 0 Å². The highest BCUT2D eigenvalue weighted by Gasteiger charge is 2.41. The molecule has 2 bridgehead atoms. The van der Waals surface area contributed by atoms with Gasteiger partial charge in [0.25, 0.3) is 0 Å². The Balaban J connectivity index is 1.37. The minimum atomic E-state index is -0.982. The minimum absolute atomic E-state index is 0.00560. The van der Waals surface area contributed by atoms with Crippen LogP contribution >= 0.6 is 0 Å². The monoisotopic (exact) mass is 471 g/mol. The largest absolute Gasteiger partial charge is 0.394 e. The Morgan fingerprint density at radius 1 is 1.09 bits per heavy atom. The second-order valence-corrected chi connectivity index (χ2v) is 10.7. The van der Waals surface area contributed by atoms with Gasteiger partial charge in [-0.15, -0.1) is 0 Å². The van der Waals surface area contributed by atoms with Crippen molar-refractivity contribution in [2.75, 3.05) is 26.2 Å². The second-order valence-electron chi connectivity index (χ2n) is 10.7. The molecule has 0 aromatic heterocycles. The van der Waals surface area contributed by atoms with E-state index in [0.717, 1.165) is 25.9 Å². The van der Waals surface area contributed by atoms with Crippen LogP contribution in [0.1, 0.15) is 86.0 Å². The molecule has 0 radical (unpaired) electrons. The van der Waals surface area contributed by atoms with Crippen LogP contribution in [-0.2, 0) is 4.79 Å². The number of carbonyl (C=O) groups is 2. The highest BCUT2D eigenvalue weighted by molar-refractivity contribution is 5.92. The van der Waals surface area contributed by atoms with Crippen molar-refractivity contribution < 1.29 is 19.8 Å². The third-order valence-electron chi connectivity index (χ3n) is 8.33. The van der Waals surface area contributed by atoms with Crippen LogP contribution < -0.4 is 5.73 Å². The Morgan fingerprint density at radius 3 is 2.44 bits per heavy atom. The Hall–Kier alpha value is -1.96. The molecule has 3 atom stereocenters. The summed E-state index contributed by atoms with van der Waals surface area (Å²) in [6.45, 7) is 1.93. The summed E-state index contributed by atoms with van der Waals surface area (Å²) >= 11 is 0. The van der Waals surface area contributed by atoms with Gasteiger partial charge in [0.1, 0.15) is 0 Å². The number of fused-ring (bicyclic) bond motifs is 2. The number of benzene rings is 1. The van der Waals surface area contributed by atoms with E-state index in [2.05, 4.69) is 11.0 Å². The van der Waals surface area contributed by atoms with Crippen LogP contribution in [0.3, 0.4) is 0 Å². The normalized spacial score (nSPS) is 26.4. The van der Waals surface area contributed by atoms with E-state index in [-0.39, 0.29) is 24.8 Å². The first-order chi connectivity index (χ1) is 16.4. The van der Waals surface area contributed by atoms with Crippen molar-refractivity contribution in [3.63, 3.8) is 0 Å². The van der Waals surface area contributed by atoms with Crippen molar-refractivity contribution in [3.8, 4) is 0 Å². The third-order valence-corrected chi connectivity index (χ3v) is 8.33. The first-order valence-corrected chi connectivity index (χ1v) is 13.2. The molecule has 2 aliphatic heterocycles. The van der Waals surface area contributed by atoms with Gasteiger partial charge >= 0.3 is 0 Å². The van der Waals surface area contributed by atoms with Gasteiger partial charge in [0.05, 0.1) is 19.1 Å². The van der Waals surface area contributed by atoms with E-state index in [9.17, 15) is 19.8 Å². The summed E-state index contributed by atoms with van der Waals surface area (Å²) < 4.78 is 0. The quantitative estimate of drug-likeness (QED) is 0.486. The summed E-state index contributed by atoms with van der Waals surface area (Å²) in [6, 6.07) is 8.77. The van der Waals surface area contributed by atoms with Gasteiger partial charge < -0.3 is 20.8 Å². The van der Waals surface area contributed by atoms with Crippen LogP contribution in [0.5, 0.6) is 0 Å². The molecule has 2 amide bonds. The number of amides is 2. The van der Waals surface area contributed by atoms with E-state index in [1.165, 1.54) is 50.5 Å². The Bertz CT molecular complexity index is 827. The van der Waals surface area contributed by atoms with Crippen molar-refractivity contribution in [1.29, 1.82) is 0 Å². The number of carbonyl (C=O) groups excluding carboxylic acids is 2. The van der Waals surface area contributed by atoms with Gasteiger partial charge in [-0.1, -0.05) is 31.4 Å². The molecule has 2 saturated heterocycles. The lowest BCUT2D eigenvalue weighted by molar-refractivity contribution is -0.135. The first-order valence-electron chi connectivity index (χ1n) is 13.2. The number of hydrogen-bond acceptors (Lipinski definition) is 5. The molecule has 4 N–H and O–H groups in total. The third kappa shape index (κ3) is 6.18. The maximum absolute atomic E-state index is 13.0. The van der Waals surface area contributed by atoms with E-state index < -0.39 is 6.10 Å². The summed E-state index contributed by atoms with van der Waals surface area (Å²) in [5.41, 5.74) is 7.28. The van der Waals surface area contributed by atoms with Gasteiger partial charge in [-0.2, -0.15) is 0 Å². The number of nitrogens with two attached hydrogens (primary N) is 1.